The SMILES string of the molecule is C=C(C)C(=O)O.O=C1C=C(c2cccc(C3=CC(=O)NC3=O)c2)C(=O)N1. The molecule has 0 radical (unpaired) electrons. The van der Waals surface area contributed by atoms with Crippen LogP contribution in [0, 0.1) is 0 Å². The first-order chi connectivity index (χ1) is 12.2. The Morgan fingerprint density at radius 3 is 1.58 bits per heavy atom. The van der Waals surface area contributed by atoms with Crippen LogP contribution in [0.4, 0.5) is 0 Å². The minimum absolute atomic E-state index is 0.176. The van der Waals surface area contributed by atoms with Crippen LogP contribution in [0.2, 0.25) is 0 Å². The van der Waals surface area contributed by atoms with Gasteiger partial charge in [0.2, 0.25) is 0 Å². The van der Waals surface area contributed by atoms with E-state index in [1.807, 2.05) is 0 Å². The summed E-state index contributed by atoms with van der Waals surface area (Å²) in [5.74, 6) is -2.83. The highest BCUT2D eigenvalue weighted by Gasteiger charge is 2.25. The van der Waals surface area contributed by atoms with Crippen molar-refractivity contribution in [3.05, 3.63) is 59.7 Å². The zero-order valence-electron chi connectivity index (χ0n) is 13.7. The van der Waals surface area contributed by atoms with Crippen molar-refractivity contribution >= 4 is 40.7 Å². The van der Waals surface area contributed by atoms with E-state index in [9.17, 15) is 24.0 Å². The van der Waals surface area contributed by atoms with Gasteiger partial charge in [-0.2, -0.15) is 0 Å². The summed E-state index contributed by atoms with van der Waals surface area (Å²) in [6, 6.07) is 6.55. The lowest BCUT2D eigenvalue weighted by Gasteiger charge is -2.04. The van der Waals surface area contributed by atoms with E-state index in [0.29, 0.717) is 11.1 Å². The number of hydrogen-bond donors (Lipinski definition) is 3. The van der Waals surface area contributed by atoms with Gasteiger partial charge in [0.15, 0.2) is 0 Å². The van der Waals surface area contributed by atoms with Crippen LogP contribution < -0.4 is 10.6 Å². The van der Waals surface area contributed by atoms with Crippen molar-refractivity contribution < 1.29 is 29.1 Å². The molecular formula is C18H14N2O6. The fraction of sp³-hybridized carbons (Fsp3) is 0.0556. The monoisotopic (exact) mass is 354 g/mol. The number of aliphatic carboxylic acids is 1. The van der Waals surface area contributed by atoms with Gasteiger partial charge in [-0.3, -0.25) is 29.8 Å². The second-order valence-electron chi connectivity index (χ2n) is 5.42. The number of hydrogen-bond acceptors (Lipinski definition) is 5. The van der Waals surface area contributed by atoms with E-state index in [1.165, 1.54) is 19.1 Å². The fourth-order valence-corrected chi connectivity index (χ4v) is 2.11. The molecule has 0 aromatic heterocycles. The van der Waals surface area contributed by atoms with Crippen LogP contribution in [-0.4, -0.2) is 34.7 Å². The molecule has 3 rings (SSSR count). The fourth-order valence-electron chi connectivity index (χ4n) is 2.11. The second kappa shape index (κ2) is 7.39. The van der Waals surface area contributed by atoms with Crippen LogP contribution in [0.25, 0.3) is 11.1 Å². The zero-order chi connectivity index (χ0) is 19.4. The van der Waals surface area contributed by atoms with E-state index in [4.69, 9.17) is 5.11 Å². The molecule has 1 aromatic carbocycles. The first-order valence-electron chi connectivity index (χ1n) is 7.32. The Morgan fingerprint density at radius 1 is 0.923 bits per heavy atom. The lowest BCUT2D eigenvalue weighted by molar-refractivity contribution is -0.132. The predicted octanol–water partition coefficient (Wildman–Crippen LogP) is 0.413. The molecule has 2 heterocycles. The quantitative estimate of drug-likeness (QED) is 0.533. The van der Waals surface area contributed by atoms with Gasteiger partial charge >= 0.3 is 5.97 Å². The highest BCUT2D eigenvalue weighted by molar-refractivity contribution is 6.35. The van der Waals surface area contributed by atoms with Gasteiger partial charge in [-0.25, -0.2) is 4.79 Å². The average Bonchev–Trinajstić information content (AvgIpc) is 3.08. The predicted molar refractivity (Wildman–Crippen MR) is 91.1 cm³/mol. The van der Waals surface area contributed by atoms with Crippen molar-refractivity contribution in [3.63, 3.8) is 0 Å². The van der Waals surface area contributed by atoms with E-state index >= 15 is 0 Å². The minimum Gasteiger partial charge on any atom is -0.478 e. The highest BCUT2D eigenvalue weighted by Crippen LogP contribution is 2.24. The van der Waals surface area contributed by atoms with Crippen LogP contribution in [0.1, 0.15) is 18.1 Å². The smallest absolute Gasteiger partial charge is 0.330 e. The number of carbonyl (C=O) groups excluding carboxylic acids is 4. The maximum Gasteiger partial charge on any atom is 0.330 e. The van der Waals surface area contributed by atoms with E-state index in [2.05, 4.69) is 17.2 Å². The van der Waals surface area contributed by atoms with Gasteiger partial charge in [-0.1, -0.05) is 24.8 Å². The summed E-state index contributed by atoms with van der Waals surface area (Å²) in [4.78, 5) is 55.1. The Balaban J connectivity index is 0.000000352. The van der Waals surface area contributed by atoms with Crippen molar-refractivity contribution in [2.24, 2.45) is 0 Å². The largest absolute Gasteiger partial charge is 0.478 e. The molecular weight excluding hydrogens is 340 g/mol. The van der Waals surface area contributed by atoms with Crippen molar-refractivity contribution in [2.75, 3.05) is 0 Å². The molecule has 3 N–H and O–H groups in total. The minimum atomic E-state index is -0.935. The van der Waals surface area contributed by atoms with Gasteiger partial charge in [-0.05, 0) is 24.1 Å². The van der Waals surface area contributed by atoms with E-state index < -0.39 is 29.6 Å². The molecule has 2 aliphatic rings. The first-order valence-corrected chi connectivity index (χ1v) is 7.32. The van der Waals surface area contributed by atoms with Gasteiger partial charge in [0.05, 0.1) is 11.1 Å². The van der Waals surface area contributed by atoms with Crippen molar-refractivity contribution in [2.45, 2.75) is 6.92 Å². The van der Waals surface area contributed by atoms with Crippen molar-refractivity contribution in [3.8, 4) is 0 Å². The molecule has 26 heavy (non-hydrogen) atoms. The molecule has 2 aliphatic heterocycles. The lowest BCUT2D eigenvalue weighted by Crippen LogP contribution is -2.22. The van der Waals surface area contributed by atoms with E-state index in [0.717, 1.165) is 0 Å². The molecule has 0 aliphatic carbocycles. The molecule has 0 saturated heterocycles. The Kier molecular flexibility index (Phi) is 5.27. The number of imide groups is 2. The Morgan fingerprint density at radius 2 is 1.31 bits per heavy atom. The third kappa shape index (κ3) is 4.18. The number of nitrogens with one attached hydrogen (secondary N) is 2. The number of carboxylic acid groups (broad SMARTS) is 1. The highest BCUT2D eigenvalue weighted by atomic mass is 16.4. The van der Waals surface area contributed by atoms with Crippen molar-refractivity contribution in [1.29, 1.82) is 0 Å². The second-order valence-corrected chi connectivity index (χ2v) is 5.42. The van der Waals surface area contributed by atoms with Gasteiger partial charge in [0.1, 0.15) is 0 Å². The lowest BCUT2D eigenvalue weighted by atomic mass is 9.99. The summed E-state index contributed by atoms with van der Waals surface area (Å²) >= 11 is 0. The van der Waals surface area contributed by atoms with E-state index in [1.54, 1.807) is 24.3 Å². The molecule has 4 amide bonds. The number of rotatable bonds is 3. The molecule has 0 atom stereocenters. The third-order valence-corrected chi connectivity index (χ3v) is 3.36. The summed E-state index contributed by atoms with van der Waals surface area (Å²) in [6.07, 6.45) is 2.41. The molecule has 0 bridgehead atoms. The average molecular weight is 354 g/mol. The summed E-state index contributed by atoms with van der Waals surface area (Å²) in [5.41, 5.74) is 1.68. The molecule has 132 valence electrons. The number of carboxylic acids is 1. The zero-order valence-corrected chi connectivity index (χ0v) is 13.7. The van der Waals surface area contributed by atoms with Crippen LogP contribution in [0.15, 0.2) is 48.6 Å². The topological polar surface area (TPSA) is 130 Å². The molecule has 8 nitrogen and oxygen atoms in total. The van der Waals surface area contributed by atoms with Gasteiger partial charge in [0, 0.05) is 17.7 Å². The Labute approximate surface area is 147 Å². The first kappa shape index (κ1) is 18.5. The third-order valence-electron chi connectivity index (χ3n) is 3.36. The molecule has 0 saturated carbocycles. The number of benzene rings is 1. The van der Waals surface area contributed by atoms with Gasteiger partial charge in [0.25, 0.3) is 23.6 Å². The van der Waals surface area contributed by atoms with Crippen LogP contribution in [0.3, 0.4) is 0 Å². The van der Waals surface area contributed by atoms with Crippen molar-refractivity contribution in [1.82, 2.24) is 10.6 Å². The molecule has 0 spiro atoms. The molecule has 0 fully saturated rings. The Hall–Kier alpha value is -3.81. The van der Waals surface area contributed by atoms with Gasteiger partial charge in [-0.15, -0.1) is 0 Å². The van der Waals surface area contributed by atoms with Crippen LogP contribution >= 0.6 is 0 Å². The molecule has 0 unspecified atom stereocenters. The van der Waals surface area contributed by atoms with E-state index in [-0.39, 0.29) is 16.7 Å². The summed E-state index contributed by atoms with van der Waals surface area (Å²) in [6.45, 7) is 4.60. The standard InChI is InChI=1S/C14H8N2O4.C4H6O2/c17-11-5-9(13(19)15-11)7-2-1-3-8(4-7)10-6-12(18)16-14(10)20;1-3(2)4(5)6/h1-6H,(H,15,17,19)(H,16,18,20);1H2,2H3,(H,5,6). The van der Waals surface area contributed by atoms with Gasteiger partial charge < -0.3 is 5.11 Å². The summed E-state index contributed by atoms with van der Waals surface area (Å²) < 4.78 is 0. The maximum absolute atomic E-state index is 11.6. The number of carbonyl (C=O) groups is 5. The summed E-state index contributed by atoms with van der Waals surface area (Å²) in [7, 11) is 0. The maximum atomic E-state index is 11.6. The normalized spacial score (nSPS) is 15.4. The van der Waals surface area contributed by atoms with Crippen LogP contribution in [-0.2, 0) is 24.0 Å². The molecule has 8 heteroatoms. The Bertz CT molecular complexity index is 852. The number of amides is 4. The van der Waals surface area contributed by atoms with Crippen LogP contribution in [0.5, 0.6) is 0 Å². The molecule has 1 aromatic rings. The summed E-state index contributed by atoms with van der Waals surface area (Å²) in [5, 5.41) is 12.2.